The monoisotopic (exact) mass is 398 g/mol. The molecule has 28 heavy (non-hydrogen) atoms. The van der Waals surface area contributed by atoms with Crippen molar-refractivity contribution in [3.8, 4) is 5.75 Å². The van der Waals surface area contributed by atoms with E-state index in [-0.39, 0.29) is 12.2 Å². The average molecular weight is 398 g/mol. The molecule has 0 aromatic heterocycles. The summed E-state index contributed by atoms with van der Waals surface area (Å²) in [6, 6.07) is 12.9. The highest BCUT2D eigenvalue weighted by atomic mass is 19.3. The van der Waals surface area contributed by atoms with Crippen molar-refractivity contribution in [1.29, 1.82) is 0 Å². The second-order valence-electron chi connectivity index (χ2n) is 5.72. The smallest absolute Gasteiger partial charge is 0.330 e. The van der Waals surface area contributed by atoms with Crippen LogP contribution in [-0.2, 0) is 11.3 Å². The third kappa shape index (κ3) is 6.34. The standard InChI is InChI=1S/C19H18F4N2O3/c1-27-16-8-4-13(5-9-16)10-24-25-17(26)15-6-2-14(3-7-15)11-28-12-19(22,23)18(20)21/h2-10,18H,11-12H2,1H3,(H,25,26)/b24-10-. The zero-order chi connectivity index (χ0) is 20.6. The molecule has 0 aliphatic heterocycles. The molecule has 0 atom stereocenters. The molecule has 150 valence electrons. The average Bonchev–Trinajstić information content (AvgIpc) is 2.68. The van der Waals surface area contributed by atoms with Gasteiger partial charge in [0.05, 0.1) is 19.9 Å². The van der Waals surface area contributed by atoms with Crippen LogP contribution in [0.3, 0.4) is 0 Å². The predicted molar refractivity (Wildman–Crippen MR) is 95.1 cm³/mol. The number of benzene rings is 2. The van der Waals surface area contributed by atoms with Crippen molar-refractivity contribution in [1.82, 2.24) is 5.43 Å². The molecular formula is C19H18F4N2O3. The van der Waals surface area contributed by atoms with Gasteiger partial charge in [-0.1, -0.05) is 12.1 Å². The number of methoxy groups -OCH3 is 1. The number of halogens is 4. The molecular weight excluding hydrogens is 380 g/mol. The topological polar surface area (TPSA) is 59.9 Å². The normalized spacial score (nSPS) is 11.8. The van der Waals surface area contributed by atoms with Crippen LogP contribution in [0.25, 0.3) is 0 Å². The van der Waals surface area contributed by atoms with E-state index in [9.17, 15) is 22.4 Å². The Hall–Kier alpha value is -2.94. The van der Waals surface area contributed by atoms with Crippen LogP contribution in [-0.4, -0.2) is 38.2 Å². The first-order valence-corrected chi connectivity index (χ1v) is 8.12. The van der Waals surface area contributed by atoms with Gasteiger partial charge in [0.1, 0.15) is 12.4 Å². The van der Waals surface area contributed by atoms with Crippen molar-refractivity contribution in [2.45, 2.75) is 19.0 Å². The fraction of sp³-hybridized carbons (Fsp3) is 0.263. The van der Waals surface area contributed by atoms with E-state index >= 15 is 0 Å². The Morgan fingerprint density at radius 1 is 1.14 bits per heavy atom. The van der Waals surface area contributed by atoms with E-state index in [2.05, 4.69) is 15.3 Å². The number of nitrogens with zero attached hydrogens (tertiary/aromatic N) is 1. The van der Waals surface area contributed by atoms with Gasteiger partial charge in [-0.25, -0.2) is 14.2 Å². The molecule has 0 heterocycles. The Morgan fingerprint density at radius 3 is 2.36 bits per heavy atom. The number of amides is 1. The first-order chi connectivity index (χ1) is 13.3. The van der Waals surface area contributed by atoms with Gasteiger partial charge in [-0.2, -0.15) is 13.9 Å². The lowest BCUT2D eigenvalue weighted by atomic mass is 10.1. The number of nitrogens with one attached hydrogen (secondary N) is 1. The molecule has 0 fully saturated rings. The first-order valence-electron chi connectivity index (χ1n) is 8.12. The Kier molecular flexibility index (Phi) is 7.51. The molecule has 0 radical (unpaired) electrons. The maximum absolute atomic E-state index is 12.8. The van der Waals surface area contributed by atoms with Gasteiger partial charge in [0, 0.05) is 5.56 Å². The summed E-state index contributed by atoms with van der Waals surface area (Å²) in [6.45, 7) is -1.66. The number of carbonyl (C=O) groups excluding carboxylic acids is 1. The maximum atomic E-state index is 12.8. The third-order valence-corrected chi connectivity index (χ3v) is 3.59. The van der Waals surface area contributed by atoms with E-state index in [4.69, 9.17) is 4.74 Å². The Morgan fingerprint density at radius 2 is 1.79 bits per heavy atom. The molecule has 2 aromatic rings. The zero-order valence-corrected chi connectivity index (χ0v) is 14.9. The van der Waals surface area contributed by atoms with Gasteiger partial charge in [-0.15, -0.1) is 0 Å². The molecule has 5 nitrogen and oxygen atoms in total. The summed E-state index contributed by atoms with van der Waals surface area (Å²) in [4.78, 5) is 12.0. The minimum Gasteiger partial charge on any atom is -0.497 e. The molecule has 0 unspecified atom stereocenters. The summed E-state index contributed by atoms with van der Waals surface area (Å²) in [5, 5.41) is 3.84. The van der Waals surface area contributed by atoms with E-state index in [1.165, 1.54) is 30.5 Å². The summed E-state index contributed by atoms with van der Waals surface area (Å²) in [7, 11) is 1.55. The third-order valence-electron chi connectivity index (χ3n) is 3.59. The maximum Gasteiger partial charge on any atom is 0.330 e. The molecule has 0 bridgehead atoms. The molecule has 9 heteroatoms. The largest absolute Gasteiger partial charge is 0.497 e. The first kappa shape index (κ1) is 21.4. The predicted octanol–water partition coefficient (Wildman–Crippen LogP) is 3.88. The summed E-state index contributed by atoms with van der Waals surface area (Å²) in [5.74, 6) is -3.97. The highest BCUT2D eigenvalue weighted by Crippen LogP contribution is 2.23. The van der Waals surface area contributed by atoms with Crippen LogP contribution in [0.1, 0.15) is 21.5 Å². The summed E-state index contributed by atoms with van der Waals surface area (Å²) in [5.41, 5.74) is 3.86. The highest BCUT2D eigenvalue weighted by molar-refractivity contribution is 5.94. The van der Waals surface area contributed by atoms with E-state index in [1.54, 1.807) is 31.4 Å². The van der Waals surface area contributed by atoms with Crippen LogP contribution in [0.2, 0.25) is 0 Å². The lowest BCUT2D eigenvalue weighted by Crippen LogP contribution is -2.32. The Labute approximate surface area is 159 Å². The molecule has 2 aromatic carbocycles. The molecule has 0 saturated carbocycles. The molecule has 0 saturated heterocycles. The van der Waals surface area contributed by atoms with Gasteiger partial charge in [-0.3, -0.25) is 4.79 Å². The summed E-state index contributed by atoms with van der Waals surface area (Å²) >= 11 is 0. The fourth-order valence-corrected chi connectivity index (χ4v) is 2.04. The number of carbonyl (C=O) groups is 1. The number of hydrogen-bond donors (Lipinski definition) is 1. The SMILES string of the molecule is COc1ccc(/C=N\NC(=O)c2ccc(COCC(F)(F)C(F)F)cc2)cc1. The fourth-order valence-electron chi connectivity index (χ4n) is 2.04. The summed E-state index contributed by atoms with van der Waals surface area (Å²) < 4.78 is 59.2. The molecule has 0 aliphatic rings. The van der Waals surface area contributed by atoms with Gasteiger partial charge in [0.2, 0.25) is 0 Å². The van der Waals surface area contributed by atoms with Crippen LogP contribution in [0.15, 0.2) is 53.6 Å². The van der Waals surface area contributed by atoms with Gasteiger partial charge >= 0.3 is 12.3 Å². The number of hydrogen-bond acceptors (Lipinski definition) is 4. The molecule has 0 spiro atoms. The van der Waals surface area contributed by atoms with E-state index in [0.717, 1.165) is 5.56 Å². The highest BCUT2D eigenvalue weighted by Gasteiger charge is 2.40. The van der Waals surface area contributed by atoms with Gasteiger partial charge in [0.25, 0.3) is 5.91 Å². The van der Waals surface area contributed by atoms with Crippen LogP contribution in [0.4, 0.5) is 17.6 Å². The number of hydrazone groups is 1. The van der Waals surface area contributed by atoms with Gasteiger partial charge < -0.3 is 9.47 Å². The number of ether oxygens (including phenoxy) is 2. The van der Waals surface area contributed by atoms with Crippen molar-refractivity contribution in [2.75, 3.05) is 13.7 Å². The van der Waals surface area contributed by atoms with Crippen molar-refractivity contribution < 1.29 is 31.8 Å². The van der Waals surface area contributed by atoms with E-state index in [0.29, 0.717) is 11.3 Å². The zero-order valence-electron chi connectivity index (χ0n) is 14.9. The lowest BCUT2D eigenvalue weighted by Gasteiger charge is -2.15. The molecule has 0 aliphatic carbocycles. The molecule has 2 rings (SSSR count). The second-order valence-corrected chi connectivity index (χ2v) is 5.72. The van der Waals surface area contributed by atoms with Crippen LogP contribution < -0.4 is 10.2 Å². The number of rotatable bonds is 9. The Bertz CT molecular complexity index is 794. The molecule has 1 N–H and O–H groups in total. The number of alkyl halides is 4. The van der Waals surface area contributed by atoms with E-state index in [1.807, 2.05) is 0 Å². The minimum atomic E-state index is -4.19. The van der Waals surface area contributed by atoms with Crippen LogP contribution in [0, 0.1) is 0 Å². The minimum absolute atomic E-state index is 0.278. The second kappa shape index (κ2) is 9.84. The van der Waals surface area contributed by atoms with Crippen molar-refractivity contribution in [3.05, 3.63) is 65.2 Å². The van der Waals surface area contributed by atoms with Gasteiger partial charge in [-0.05, 0) is 47.5 Å². The van der Waals surface area contributed by atoms with Crippen molar-refractivity contribution in [2.24, 2.45) is 5.10 Å². The van der Waals surface area contributed by atoms with Gasteiger partial charge in [0.15, 0.2) is 0 Å². The van der Waals surface area contributed by atoms with Crippen LogP contribution >= 0.6 is 0 Å². The van der Waals surface area contributed by atoms with E-state index < -0.39 is 24.9 Å². The quantitative estimate of drug-likeness (QED) is 0.396. The molecule has 1 amide bonds. The summed E-state index contributed by atoms with van der Waals surface area (Å²) in [6.07, 6.45) is -2.32. The van der Waals surface area contributed by atoms with Crippen LogP contribution in [0.5, 0.6) is 5.75 Å². The van der Waals surface area contributed by atoms with Crippen molar-refractivity contribution in [3.63, 3.8) is 0 Å². The van der Waals surface area contributed by atoms with Crippen molar-refractivity contribution >= 4 is 12.1 Å². The lowest BCUT2D eigenvalue weighted by molar-refractivity contribution is -0.168. The Balaban J connectivity index is 1.83.